The standard InChI is InChI=1S/C40H59N5O10S/c1-40(2,3)55-38(49)41-21-11-10-16-28(35(47)36-42-30-17-8-9-18-34(30)54-36)24-33(46)32-25-29(53-39(50)44-22-12-5-13-23-44)26-45(32)37(48)31(43-56(4,51)52)20-19-27-14-6-7-15-27/h8-9,17-19,28-29,31-32,35,43,47H,5-7,10-16,20-26H2,1-4H3,(H,41,49)/t28-,29-,31-,32+,35?/m1/s1. The van der Waals surface area contributed by atoms with Gasteiger partial charge in [-0.3, -0.25) is 9.59 Å². The van der Waals surface area contributed by atoms with E-state index in [1.54, 1.807) is 49.9 Å². The third-order valence-corrected chi connectivity index (χ3v) is 11.2. The topological polar surface area (TPSA) is 198 Å². The number of allylic oxidation sites excluding steroid dienone is 1. The van der Waals surface area contributed by atoms with E-state index >= 15 is 0 Å². The number of fused-ring (bicyclic) bond motifs is 1. The molecule has 1 aliphatic carbocycles. The molecule has 2 saturated heterocycles. The maximum absolute atomic E-state index is 14.5. The molecule has 2 aliphatic heterocycles. The number of amides is 3. The summed E-state index contributed by atoms with van der Waals surface area (Å²) in [6.45, 7) is 6.69. The third kappa shape index (κ3) is 12.7. The number of ketones is 1. The minimum atomic E-state index is -3.82. The number of aliphatic hydroxyl groups is 1. The smallest absolute Gasteiger partial charge is 0.410 e. The number of carbonyl (C=O) groups is 4. The highest BCUT2D eigenvalue weighted by molar-refractivity contribution is 7.88. The number of nitrogens with one attached hydrogen (secondary N) is 2. The van der Waals surface area contributed by atoms with Gasteiger partial charge in [0, 0.05) is 38.4 Å². The summed E-state index contributed by atoms with van der Waals surface area (Å²) in [6, 6.07) is 4.88. The lowest BCUT2D eigenvalue weighted by Gasteiger charge is -2.29. The number of Topliss-reactive ketones (excluding diaryl/α,β-unsaturated/α-hetero) is 1. The SMILES string of the molecule is CC(C)(C)OC(=O)NCCCC[C@H](CC(=O)[C@@H]1C[C@@H](OC(=O)N2CCCCC2)CN1C(=O)[C@@H](CC=C1CCCC1)NS(C)(=O)=O)C(O)c1nc2ccccc2o1. The first-order chi connectivity index (χ1) is 26.6. The molecule has 15 nitrogen and oxygen atoms in total. The van der Waals surface area contributed by atoms with Crippen LogP contribution in [0.25, 0.3) is 11.1 Å². The number of aromatic nitrogens is 1. The summed E-state index contributed by atoms with van der Waals surface area (Å²) in [7, 11) is -3.82. The normalized spacial score (nSPS) is 20.8. The average Bonchev–Trinajstić information content (AvgIpc) is 3.92. The van der Waals surface area contributed by atoms with E-state index in [-0.39, 0.29) is 37.5 Å². The zero-order chi connectivity index (χ0) is 40.5. The number of aliphatic hydroxyl groups excluding tert-OH is 1. The Morgan fingerprint density at radius 1 is 1.05 bits per heavy atom. The molecular weight excluding hydrogens is 743 g/mol. The molecule has 3 amide bonds. The summed E-state index contributed by atoms with van der Waals surface area (Å²) in [5, 5.41) is 14.4. The fourth-order valence-electron chi connectivity index (χ4n) is 7.72. The van der Waals surface area contributed by atoms with E-state index in [2.05, 4.69) is 15.0 Å². The van der Waals surface area contributed by atoms with Crippen LogP contribution in [-0.2, 0) is 29.1 Å². The Labute approximate surface area is 330 Å². The van der Waals surface area contributed by atoms with Crippen molar-refractivity contribution in [3.63, 3.8) is 0 Å². The van der Waals surface area contributed by atoms with Gasteiger partial charge in [-0.2, -0.15) is 0 Å². The lowest BCUT2D eigenvalue weighted by molar-refractivity contribution is -0.139. The van der Waals surface area contributed by atoms with Crippen LogP contribution in [0.4, 0.5) is 9.59 Å². The molecule has 16 heteroatoms. The van der Waals surface area contributed by atoms with Crippen molar-refractivity contribution in [3.8, 4) is 0 Å². The monoisotopic (exact) mass is 801 g/mol. The van der Waals surface area contributed by atoms with E-state index in [1.165, 1.54) is 4.90 Å². The van der Waals surface area contributed by atoms with Crippen LogP contribution < -0.4 is 10.0 Å². The lowest BCUT2D eigenvalue weighted by atomic mass is 9.88. The molecule has 1 saturated carbocycles. The predicted molar refractivity (Wildman–Crippen MR) is 209 cm³/mol. The van der Waals surface area contributed by atoms with Crippen molar-refractivity contribution in [2.24, 2.45) is 5.92 Å². The molecule has 2 aromatic rings. The van der Waals surface area contributed by atoms with E-state index in [0.717, 1.165) is 56.8 Å². The van der Waals surface area contributed by atoms with Crippen LogP contribution in [0.1, 0.15) is 116 Å². The molecule has 3 aliphatic rings. The highest BCUT2D eigenvalue weighted by atomic mass is 32.2. The zero-order valence-corrected chi connectivity index (χ0v) is 34.0. The quantitative estimate of drug-likeness (QED) is 0.143. The van der Waals surface area contributed by atoms with Crippen LogP contribution in [0.5, 0.6) is 0 Å². The van der Waals surface area contributed by atoms with Crippen LogP contribution in [0.2, 0.25) is 0 Å². The molecule has 3 fully saturated rings. The van der Waals surface area contributed by atoms with Gasteiger partial charge in [0.25, 0.3) is 0 Å². The Hall–Kier alpha value is -4.02. The molecule has 3 heterocycles. The van der Waals surface area contributed by atoms with Gasteiger partial charge in [0.05, 0.1) is 18.8 Å². The molecule has 5 atom stereocenters. The number of alkyl carbamates (subject to hydrolysis) is 1. The van der Waals surface area contributed by atoms with E-state index in [4.69, 9.17) is 13.9 Å². The molecule has 56 heavy (non-hydrogen) atoms. The Balaban J connectivity index is 1.36. The number of hydrogen-bond acceptors (Lipinski definition) is 11. The number of para-hydroxylation sites is 2. The second-order valence-electron chi connectivity index (χ2n) is 16.4. The first kappa shape index (κ1) is 43.1. The number of likely N-dealkylation sites (tertiary alicyclic amines) is 2. The van der Waals surface area contributed by atoms with Gasteiger partial charge in [-0.25, -0.2) is 27.7 Å². The summed E-state index contributed by atoms with van der Waals surface area (Å²) >= 11 is 0. The van der Waals surface area contributed by atoms with Crippen molar-refractivity contribution in [3.05, 3.63) is 41.8 Å². The number of rotatable bonds is 16. The predicted octanol–water partition coefficient (Wildman–Crippen LogP) is 5.53. The molecular formula is C40H59N5O10S. The highest BCUT2D eigenvalue weighted by Gasteiger charge is 2.45. The van der Waals surface area contributed by atoms with Crippen molar-refractivity contribution in [1.82, 2.24) is 24.8 Å². The Morgan fingerprint density at radius 3 is 2.45 bits per heavy atom. The first-order valence-corrected chi connectivity index (χ1v) is 21.9. The third-order valence-electron chi connectivity index (χ3n) is 10.5. The molecule has 3 N–H and O–H groups in total. The van der Waals surface area contributed by atoms with Crippen molar-refractivity contribution < 1.29 is 46.6 Å². The van der Waals surface area contributed by atoms with Crippen LogP contribution in [-0.4, -0.2) is 108 Å². The number of hydrogen-bond donors (Lipinski definition) is 3. The van der Waals surface area contributed by atoms with Crippen LogP contribution >= 0.6 is 0 Å². The molecule has 310 valence electrons. The van der Waals surface area contributed by atoms with Gasteiger partial charge < -0.3 is 34.1 Å². The number of piperidine rings is 1. The number of nitrogens with zero attached hydrogens (tertiary/aromatic N) is 3. The summed E-state index contributed by atoms with van der Waals surface area (Å²) in [5.74, 6) is -1.58. The number of sulfonamides is 1. The minimum Gasteiger partial charge on any atom is -0.444 e. The summed E-state index contributed by atoms with van der Waals surface area (Å²) in [5.41, 5.74) is 1.55. The van der Waals surface area contributed by atoms with Gasteiger partial charge in [-0.05, 0) is 97.1 Å². The first-order valence-electron chi connectivity index (χ1n) is 20.0. The number of ether oxygens (including phenoxy) is 2. The Bertz CT molecular complexity index is 1780. The second-order valence-corrected chi connectivity index (χ2v) is 18.1. The van der Waals surface area contributed by atoms with Crippen LogP contribution in [0.3, 0.4) is 0 Å². The van der Waals surface area contributed by atoms with Crippen molar-refractivity contribution in [1.29, 1.82) is 0 Å². The fourth-order valence-corrected chi connectivity index (χ4v) is 8.44. The summed E-state index contributed by atoms with van der Waals surface area (Å²) < 4.78 is 44.6. The number of oxazole rings is 1. The lowest BCUT2D eigenvalue weighted by Crippen LogP contribution is -2.51. The number of benzene rings is 1. The minimum absolute atomic E-state index is 0.0301. The molecule has 0 bridgehead atoms. The maximum Gasteiger partial charge on any atom is 0.410 e. The Kier molecular flexibility index (Phi) is 14.9. The molecule has 1 unspecified atom stereocenters. The van der Waals surface area contributed by atoms with Crippen LogP contribution in [0.15, 0.2) is 40.3 Å². The van der Waals surface area contributed by atoms with Crippen molar-refractivity contribution in [2.75, 3.05) is 32.4 Å². The van der Waals surface area contributed by atoms with Crippen molar-refractivity contribution in [2.45, 2.75) is 134 Å². The van der Waals surface area contributed by atoms with E-state index in [1.807, 2.05) is 6.08 Å². The summed E-state index contributed by atoms with van der Waals surface area (Å²) in [6.07, 6.45) is 7.75. The van der Waals surface area contributed by atoms with Gasteiger partial charge in [0.1, 0.15) is 29.4 Å². The molecule has 0 spiro atoms. The molecule has 1 aromatic carbocycles. The van der Waals surface area contributed by atoms with Crippen LogP contribution in [0, 0.1) is 5.92 Å². The second kappa shape index (κ2) is 19.4. The average molecular weight is 802 g/mol. The number of carbonyl (C=O) groups excluding carboxylic acids is 4. The van der Waals surface area contributed by atoms with E-state index < -0.39 is 63.9 Å². The molecule has 0 radical (unpaired) electrons. The highest BCUT2D eigenvalue weighted by Crippen LogP contribution is 2.34. The maximum atomic E-state index is 14.5. The van der Waals surface area contributed by atoms with Gasteiger partial charge in [-0.15, -0.1) is 0 Å². The van der Waals surface area contributed by atoms with E-state index in [0.29, 0.717) is 50.0 Å². The Morgan fingerprint density at radius 2 is 1.77 bits per heavy atom. The molecule has 1 aromatic heterocycles. The van der Waals surface area contributed by atoms with Gasteiger partial charge >= 0.3 is 12.2 Å². The van der Waals surface area contributed by atoms with Crippen molar-refractivity contribution >= 4 is 45.0 Å². The number of unbranched alkanes of at least 4 members (excludes halogenated alkanes) is 1. The zero-order valence-electron chi connectivity index (χ0n) is 33.2. The van der Waals surface area contributed by atoms with Gasteiger partial charge in [0.15, 0.2) is 11.4 Å². The summed E-state index contributed by atoms with van der Waals surface area (Å²) in [4.78, 5) is 61.7. The molecule has 5 rings (SSSR count). The largest absolute Gasteiger partial charge is 0.444 e. The van der Waals surface area contributed by atoms with Gasteiger partial charge in [-0.1, -0.05) is 30.2 Å². The fraction of sp³-hybridized carbons (Fsp3) is 0.675. The van der Waals surface area contributed by atoms with E-state index in [9.17, 15) is 32.7 Å². The van der Waals surface area contributed by atoms with Gasteiger partial charge in [0.2, 0.25) is 21.8 Å².